The molecule has 0 amide bonds. The fourth-order valence-electron chi connectivity index (χ4n) is 2.57. The van der Waals surface area contributed by atoms with Gasteiger partial charge in [0.1, 0.15) is 5.69 Å². The second-order valence-corrected chi connectivity index (χ2v) is 7.88. The standard InChI is InChI=1S/C16H21NO4S/c1-4-5-14(10(2)3)22(20,21)15-12(11-6-7-11)8-9-13(17-15)16(18)19/h8-9,11,14H,2,4-7H2,1,3H3,(H,18,19). The third kappa shape index (κ3) is 3.21. The normalized spacial score (nSPS) is 16.3. The van der Waals surface area contributed by atoms with E-state index in [0.717, 1.165) is 12.8 Å². The van der Waals surface area contributed by atoms with Crippen molar-refractivity contribution < 1.29 is 18.3 Å². The molecule has 1 saturated carbocycles. The summed E-state index contributed by atoms with van der Waals surface area (Å²) >= 11 is 0. The van der Waals surface area contributed by atoms with Crippen molar-refractivity contribution in [3.05, 3.63) is 35.5 Å². The summed E-state index contributed by atoms with van der Waals surface area (Å²) in [6, 6.07) is 2.98. The Balaban J connectivity index is 2.58. The predicted octanol–water partition coefficient (Wildman–Crippen LogP) is 3.18. The van der Waals surface area contributed by atoms with Crippen LogP contribution in [0.2, 0.25) is 0 Å². The first-order valence-corrected chi connectivity index (χ1v) is 8.97. The van der Waals surface area contributed by atoms with E-state index in [1.54, 1.807) is 13.0 Å². The summed E-state index contributed by atoms with van der Waals surface area (Å²) in [6.45, 7) is 7.39. The van der Waals surface area contributed by atoms with Gasteiger partial charge < -0.3 is 5.11 Å². The molecule has 1 unspecified atom stereocenters. The summed E-state index contributed by atoms with van der Waals surface area (Å²) in [7, 11) is -3.73. The Bertz CT molecular complexity index is 705. The lowest BCUT2D eigenvalue weighted by molar-refractivity contribution is 0.0689. The first-order chi connectivity index (χ1) is 10.3. The topological polar surface area (TPSA) is 84.3 Å². The molecule has 1 aliphatic rings. The molecule has 1 fully saturated rings. The fourth-order valence-corrected chi connectivity index (χ4v) is 4.70. The van der Waals surface area contributed by atoms with Gasteiger partial charge in [-0.15, -0.1) is 0 Å². The van der Waals surface area contributed by atoms with E-state index in [-0.39, 0.29) is 16.6 Å². The molecule has 0 aliphatic heterocycles. The molecule has 1 N–H and O–H groups in total. The van der Waals surface area contributed by atoms with Gasteiger partial charge in [-0.2, -0.15) is 0 Å². The molecule has 0 spiro atoms. The summed E-state index contributed by atoms with van der Waals surface area (Å²) in [5, 5.41) is 8.31. The van der Waals surface area contributed by atoms with Crippen LogP contribution in [0.3, 0.4) is 0 Å². The quantitative estimate of drug-likeness (QED) is 0.779. The third-order valence-corrected chi connectivity index (χ3v) is 6.12. The maximum absolute atomic E-state index is 13.0. The van der Waals surface area contributed by atoms with Gasteiger partial charge >= 0.3 is 5.97 Å². The smallest absolute Gasteiger partial charge is 0.354 e. The van der Waals surface area contributed by atoms with Gasteiger partial charge in [-0.3, -0.25) is 0 Å². The van der Waals surface area contributed by atoms with Gasteiger partial charge in [0.25, 0.3) is 0 Å². The maximum atomic E-state index is 13.0. The lowest BCUT2D eigenvalue weighted by Crippen LogP contribution is -2.25. The zero-order valence-electron chi connectivity index (χ0n) is 12.9. The fraction of sp³-hybridized carbons (Fsp3) is 0.500. The van der Waals surface area contributed by atoms with Crippen LogP contribution in [0.4, 0.5) is 0 Å². The van der Waals surface area contributed by atoms with Crippen LogP contribution in [0.5, 0.6) is 0 Å². The van der Waals surface area contributed by atoms with E-state index in [1.807, 2.05) is 6.92 Å². The number of carboxylic acid groups (broad SMARTS) is 1. The van der Waals surface area contributed by atoms with E-state index in [4.69, 9.17) is 5.11 Å². The van der Waals surface area contributed by atoms with E-state index in [1.165, 1.54) is 6.07 Å². The molecule has 0 aromatic carbocycles. The SMILES string of the molecule is C=C(C)C(CCC)S(=O)(=O)c1nc(C(=O)O)ccc1C1CC1. The molecule has 1 aromatic heterocycles. The van der Waals surface area contributed by atoms with E-state index in [2.05, 4.69) is 11.6 Å². The summed E-state index contributed by atoms with van der Waals surface area (Å²) in [6.07, 6.45) is 3.00. The van der Waals surface area contributed by atoms with Crippen LogP contribution in [-0.2, 0) is 9.84 Å². The highest BCUT2D eigenvalue weighted by atomic mass is 32.2. The van der Waals surface area contributed by atoms with Gasteiger partial charge in [0.05, 0.1) is 5.25 Å². The van der Waals surface area contributed by atoms with E-state index >= 15 is 0 Å². The van der Waals surface area contributed by atoms with Crippen molar-refractivity contribution in [3.63, 3.8) is 0 Å². The maximum Gasteiger partial charge on any atom is 0.354 e. The monoisotopic (exact) mass is 323 g/mol. The minimum absolute atomic E-state index is 0.0728. The molecule has 1 atom stereocenters. The highest BCUT2D eigenvalue weighted by Gasteiger charge is 2.36. The van der Waals surface area contributed by atoms with Crippen LogP contribution >= 0.6 is 0 Å². The second kappa shape index (κ2) is 6.20. The van der Waals surface area contributed by atoms with Crippen molar-refractivity contribution >= 4 is 15.8 Å². The van der Waals surface area contributed by atoms with Gasteiger partial charge in [-0.05, 0) is 43.7 Å². The van der Waals surface area contributed by atoms with Crippen LogP contribution in [-0.4, -0.2) is 29.7 Å². The molecule has 1 aliphatic carbocycles. The number of nitrogens with zero attached hydrogens (tertiary/aromatic N) is 1. The molecular weight excluding hydrogens is 302 g/mol. The largest absolute Gasteiger partial charge is 0.477 e. The third-order valence-electron chi connectivity index (χ3n) is 3.87. The molecule has 22 heavy (non-hydrogen) atoms. The lowest BCUT2D eigenvalue weighted by atomic mass is 10.1. The summed E-state index contributed by atoms with van der Waals surface area (Å²) in [5.41, 5.74) is 0.971. The van der Waals surface area contributed by atoms with Crippen LogP contribution in [0, 0.1) is 0 Å². The number of aromatic nitrogens is 1. The molecule has 0 radical (unpaired) electrons. The molecule has 0 saturated heterocycles. The van der Waals surface area contributed by atoms with Crippen molar-refractivity contribution in [3.8, 4) is 0 Å². The Morgan fingerprint density at radius 3 is 2.55 bits per heavy atom. The first-order valence-electron chi connectivity index (χ1n) is 7.42. The first kappa shape index (κ1) is 16.7. The van der Waals surface area contributed by atoms with Crippen molar-refractivity contribution in [1.82, 2.24) is 4.98 Å². The molecule has 1 heterocycles. The van der Waals surface area contributed by atoms with Crippen molar-refractivity contribution in [1.29, 1.82) is 0 Å². The summed E-state index contributed by atoms with van der Waals surface area (Å²) in [4.78, 5) is 15.1. The second-order valence-electron chi connectivity index (χ2n) is 5.84. The lowest BCUT2D eigenvalue weighted by Gasteiger charge is -2.19. The number of carbonyl (C=O) groups is 1. The van der Waals surface area contributed by atoms with E-state index in [9.17, 15) is 13.2 Å². The molecule has 5 nitrogen and oxygen atoms in total. The summed E-state index contributed by atoms with van der Waals surface area (Å²) < 4.78 is 26.0. The van der Waals surface area contributed by atoms with Crippen LogP contribution in [0.1, 0.15) is 61.5 Å². The number of carboxylic acids is 1. The van der Waals surface area contributed by atoms with Crippen LogP contribution in [0.15, 0.2) is 29.3 Å². The van der Waals surface area contributed by atoms with Crippen molar-refractivity contribution in [2.45, 2.75) is 55.7 Å². The van der Waals surface area contributed by atoms with Crippen LogP contribution < -0.4 is 0 Å². The highest BCUT2D eigenvalue weighted by Crippen LogP contribution is 2.43. The molecule has 2 rings (SSSR count). The summed E-state index contributed by atoms with van der Waals surface area (Å²) in [5.74, 6) is -1.05. The molecule has 0 bridgehead atoms. The predicted molar refractivity (Wildman–Crippen MR) is 83.9 cm³/mol. The van der Waals surface area contributed by atoms with Gasteiger partial charge in [0, 0.05) is 0 Å². The van der Waals surface area contributed by atoms with Gasteiger partial charge in [-0.25, -0.2) is 18.2 Å². The zero-order valence-corrected chi connectivity index (χ0v) is 13.7. The average Bonchev–Trinajstić information content (AvgIpc) is 3.27. The number of hydrogen-bond acceptors (Lipinski definition) is 4. The molecular formula is C16H21NO4S. The number of rotatable bonds is 7. The Morgan fingerprint density at radius 1 is 1.45 bits per heavy atom. The van der Waals surface area contributed by atoms with E-state index in [0.29, 0.717) is 24.0 Å². The number of sulfone groups is 1. The highest BCUT2D eigenvalue weighted by molar-refractivity contribution is 7.92. The van der Waals surface area contributed by atoms with Gasteiger partial charge in [0.15, 0.2) is 5.03 Å². The minimum Gasteiger partial charge on any atom is -0.477 e. The Morgan fingerprint density at radius 2 is 2.09 bits per heavy atom. The number of aromatic carboxylic acids is 1. The molecule has 1 aromatic rings. The average molecular weight is 323 g/mol. The van der Waals surface area contributed by atoms with Gasteiger partial charge in [0.2, 0.25) is 9.84 Å². The number of hydrogen-bond donors (Lipinski definition) is 1. The van der Waals surface area contributed by atoms with Crippen molar-refractivity contribution in [2.75, 3.05) is 0 Å². The molecule has 6 heteroatoms. The Kier molecular flexibility index (Phi) is 4.70. The zero-order chi connectivity index (χ0) is 16.5. The Labute approximate surface area is 131 Å². The van der Waals surface area contributed by atoms with Crippen LogP contribution in [0.25, 0.3) is 0 Å². The Hall–Kier alpha value is -1.69. The van der Waals surface area contributed by atoms with E-state index < -0.39 is 21.1 Å². The molecule has 120 valence electrons. The minimum atomic E-state index is -3.73. The van der Waals surface area contributed by atoms with Gasteiger partial charge in [-0.1, -0.05) is 31.6 Å². The van der Waals surface area contributed by atoms with Crippen molar-refractivity contribution in [2.24, 2.45) is 0 Å². The number of pyridine rings is 1.